The minimum atomic E-state index is 0.1000. The Labute approximate surface area is 113 Å². The molecule has 104 valence electrons. The zero-order valence-corrected chi connectivity index (χ0v) is 12.0. The van der Waals surface area contributed by atoms with Gasteiger partial charge in [0.2, 0.25) is 5.89 Å². The first-order chi connectivity index (χ1) is 8.99. The number of rotatable bonds is 5. The predicted molar refractivity (Wildman–Crippen MR) is 72.8 cm³/mol. The van der Waals surface area contributed by atoms with Crippen molar-refractivity contribution in [3.63, 3.8) is 0 Å². The Morgan fingerprint density at radius 2 is 2.05 bits per heavy atom. The third kappa shape index (κ3) is 3.67. The Morgan fingerprint density at radius 3 is 2.74 bits per heavy atom. The van der Waals surface area contributed by atoms with Crippen molar-refractivity contribution in [2.45, 2.75) is 46.1 Å². The molecule has 5 heteroatoms. The molecular weight excluding hydrogens is 242 g/mol. The van der Waals surface area contributed by atoms with Gasteiger partial charge in [0.25, 0.3) is 5.89 Å². The number of aryl methyl sites for hydroxylation is 1. The van der Waals surface area contributed by atoms with Crippen LogP contribution in [0.1, 0.15) is 39.3 Å². The van der Waals surface area contributed by atoms with Gasteiger partial charge in [-0.05, 0) is 26.8 Å². The second kappa shape index (κ2) is 5.57. The van der Waals surface area contributed by atoms with Gasteiger partial charge in [-0.25, -0.2) is 0 Å². The Kier molecular flexibility index (Phi) is 4.04. The fourth-order valence-electron chi connectivity index (χ4n) is 1.81. The van der Waals surface area contributed by atoms with Crippen LogP contribution in [0, 0.1) is 0 Å². The molecule has 2 heterocycles. The highest BCUT2D eigenvalue weighted by atomic mass is 16.4. The maximum absolute atomic E-state index is 5.66. The molecule has 0 spiro atoms. The number of furan rings is 1. The third-order valence-electron chi connectivity index (χ3n) is 2.76. The summed E-state index contributed by atoms with van der Waals surface area (Å²) >= 11 is 0. The van der Waals surface area contributed by atoms with Gasteiger partial charge in [0.05, 0.1) is 11.8 Å². The molecule has 5 nitrogen and oxygen atoms in total. The highest BCUT2D eigenvalue weighted by molar-refractivity contribution is 5.54. The molecule has 0 aliphatic rings. The van der Waals surface area contributed by atoms with Crippen molar-refractivity contribution in [2.24, 2.45) is 0 Å². The molecule has 0 saturated heterocycles. The van der Waals surface area contributed by atoms with Crippen molar-refractivity contribution in [2.75, 3.05) is 6.54 Å². The minimum Gasteiger partial charge on any atom is -0.469 e. The van der Waals surface area contributed by atoms with Crippen LogP contribution in [0.5, 0.6) is 0 Å². The molecule has 0 aromatic carbocycles. The van der Waals surface area contributed by atoms with Gasteiger partial charge < -0.3 is 14.2 Å². The summed E-state index contributed by atoms with van der Waals surface area (Å²) < 4.78 is 11.0. The van der Waals surface area contributed by atoms with Gasteiger partial charge in [0.15, 0.2) is 0 Å². The number of hydrogen-bond acceptors (Lipinski definition) is 5. The molecule has 1 N–H and O–H groups in total. The summed E-state index contributed by atoms with van der Waals surface area (Å²) in [4.78, 5) is 0. The van der Waals surface area contributed by atoms with Gasteiger partial charge in [0.1, 0.15) is 5.76 Å². The summed E-state index contributed by atoms with van der Waals surface area (Å²) in [5.41, 5.74) is 0.994. The third-order valence-corrected chi connectivity index (χ3v) is 2.76. The van der Waals surface area contributed by atoms with E-state index in [1.807, 2.05) is 13.0 Å². The van der Waals surface area contributed by atoms with Crippen LogP contribution in [0.4, 0.5) is 0 Å². The van der Waals surface area contributed by atoms with Crippen LogP contribution in [0.3, 0.4) is 0 Å². The molecule has 0 radical (unpaired) electrons. The van der Waals surface area contributed by atoms with Crippen molar-refractivity contribution in [1.29, 1.82) is 0 Å². The van der Waals surface area contributed by atoms with Crippen LogP contribution in [0.15, 0.2) is 21.2 Å². The average molecular weight is 263 g/mol. The Hall–Kier alpha value is -1.62. The monoisotopic (exact) mass is 263 g/mol. The van der Waals surface area contributed by atoms with E-state index in [2.05, 4.69) is 36.3 Å². The first-order valence-corrected chi connectivity index (χ1v) is 6.64. The highest BCUT2D eigenvalue weighted by Gasteiger charge is 2.15. The molecule has 2 aromatic rings. The molecule has 2 rings (SSSR count). The molecule has 19 heavy (non-hydrogen) atoms. The molecule has 0 atom stereocenters. The Balaban J connectivity index is 2.00. The van der Waals surface area contributed by atoms with Crippen molar-refractivity contribution in [3.8, 4) is 11.5 Å². The lowest BCUT2D eigenvalue weighted by Crippen LogP contribution is -2.37. The van der Waals surface area contributed by atoms with Crippen LogP contribution >= 0.6 is 0 Å². The fraction of sp³-hybridized carbons (Fsp3) is 0.571. The number of nitrogens with one attached hydrogen (secondary N) is 1. The smallest absolute Gasteiger partial charge is 0.251 e. The number of aromatic nitrogens is 2. The van der Waals surface area contributed by atoms with E-state index in [0.717, 1.165) is 30.7 Å². The normalized spacial score (nSPS) is 12.0. The number of nitrogens with zero attached hydrogens (tertiary/aromatic N) is 2. The second-order valence-corrected chi connectivity index (χ2v) is 5.54. The summed E-state index contributed by atoms with van der Waals surface area (Å²) in [5, 5.41) is 11.5. The maximum atomic E-state index is 5.66. The summed E-state index contributed by atoms with van der Waals surface area (Å²) in [6.45, 7) is 9.24. The van der Waals surface area contributed by atoms with Crippen LogP contribution in [-0.4, -0.2) is 22.3 Å². The van der Waals surface area contributed by atoms with Gasteiger partial charge in [0, 0.05) is 24.9 Å². The number of hydrogen-bond donors (Lipinski definition) is 1. The molecule has 0 bridgehead atoms. The van der Waals surface area contributed by atoms with Crippen LogP contribution < -0.4 is 5.32 Å². The lowest BCUT2D eigenvalue weighted by molar-refractivity contribution is 0.411. The summed E-state index contributed by atoms with van der Waals surface area (Å²) in [6.07, 6.45) is 3.19. The molecule has 0 aliphatic heterocycles. The molecule has 0 saturated carbocycles. The molecule has 0 amide bonds. The summed E-state index contributed by atoms with van der Waals surface area (Å²) in [7, 11) is 0. The topological polar surface area (TPSA) is 64.1 Å². The second-order valence-electron chi connectivity index (χ2n) is 5.54. The quantitative estimate of drug-likeness (QED) is 0.898. The van der Waals surface area contributed by atoms with E-state index in [0.29, 0.717) is 11.8 Å². The summed E-state index contributed by atoms with van der Waals surface area (Å²) in [5.74, 6) is 2.06. The van der Waals surface area contributed by atoms with Gasteiger partial charge >= 0.3 is 0 Å². The highest BCUT2D eigenvalue weighted by Crippen LogP contribution is 2.24. The average Bonchev–Trinajstić information content (AvgIpc) is 2.93. The van der Waals surface area contributed by atoms with Crippen molar-refractivity contribution < 1.29 is 8.83 Å². The van der Waals surface area contributed by atoms with Crippen molar-refractivity contribution >= 4 is 0 Å². The first-order valence-electron chi connectivity index (χ1n) is 6.64. The van der Waals surface area contributed by atoms with E-state index in [4.69, 9.17) is 8.83 Å². The summed E-state index contributed by atoms with van der Waals surface area (Å²) in [6, 6.07) is 1.86. The van der Waals surface area contributed by atoms with Crippen molar-refractivity contribution in [1.82, 2.24) is 15.5 Å². The Bertz CT molecular complexity index is 523. The fourth-order valence-corrected chi connectivity index (χ4v) is 1.81. The van der Waals surface area contributed by atoms with Crippen LogP contribution in [0.2, 0.25) is 0 Å². The Morgan fingerprint density at radius 1 is 1.26 bits per heavy atom. The van der Waals surface area contributed by atoms with E-state index >= 15 is 0 Å². The van der Waals surface area contributed by atoms with Gasteiger partial charge in [-0.3, -0.25) is 0 Å². The van der Waals surface area contributed by atoms with Crippen molar-refractivity contribution in [3.05, 3.63) is 24.0 Å². The molecule has 0 fully saturated rings. The van der Waals surface area contributed by atoms with E-state index in [9.17, 15) is 0 Å². The standard InChI is InChI=1S/C14H21N3O2/c1-5-11-10(7-9-18-11)13-17-16-12(19-13)6-8-15-14(2,3)4/h7,9,15H,5-6,8H2,1-4H3. The van der Waals surface area contributed by atoms with E-state index in [1.165, 1.54) is 0 Å². The lowest BCUT2D eigenvalue weighted by Gasteiger charge is -2.19. The minimum absolute atomic E-state index is 0.1000. The van der Waals surface area contributed by atoms with Crippen LogP contribution in [0.25, 0.3) is 11.5 Å². The van der Waals surface area contributed by atoms with Crippen LogP contribution in [-0.2, 0) is 12.8 Å². The SMILES string of the molecule is CCc1occc1-c1nnc(CCNC(C)(C)C)o1. The van der Waals surface area contributed by atoms with E-state index in [-0.39, 0.29) is 5.54 Å². The van der Waals surface area contributed by atoms with E-state index in [1.54, 1.807) is 6.26 Å². The van der Waals surface area contributed by atoms with E-state index < -0.39 is 0 Å². The molecule has 2 aromatic heterocycles. The zero-order chi connectivity index (χ0) is 13.9. The van der Waals surface area contributed by atoms with Gasteiger partial charge in [-0.1, -0.05) is 6.92 Å². The molecular formula is C14H21N3O2. The zero-order valence-electron chi connectivity index (χ0n) is 12.0. The van der Waals surface area contributed by atoms with Gasteiger partial charge in [-0.15, -0.1) is 10.2 Å². The lowest BCUT2D eigenvalue weighted by atomic mass is 10.1. The first kappa shape index (κ1) is 13.8. The maximum Gasteiger partial charge on any atom is 0.251 e. The largest absolute Gasteiger partial charge is 0.469 e. The van der Waals surface area contributed by atoms with Gasteiger partial charge in [-0.2, -0.15) is 0 Å². The molecule has 0 aliphatic carbocycles. The predicted octanol–water partition coefficient (Wildman–Crippen LogP) is 2.82. The molecule has 0 unspecified atom stereocenters.